The fraction of sp³-hybridized carbons (Fsp3) is 0.269. The highest BCUT2D eigenvalue weighted by molar-refractivity contribution is 7.92. The number of sulfonamides is 1. The van der Waals surface area contributed by atoms with E-state index in [-0.39, 0.29) is 58.7 Å². The fourth-order valence-electron chi connectivity index (χ4n) is 3.95. The molecule has 0 N–H and O–H groups in total. The van der Waals surface area contributed by atoms with Gasteiger partial charge in [0.15, 0.2) is 17.3 Å². The van der Waals surface area contributed by atoms with Gasteiger partial charge in [-0.25, -0.2) is 21.9 Å². The number of hydrogen-bond donors (Lipinski definition) is 0. The Labute approximate surface area is 231 Å². The Bertz CT molecular complexity index is 1550. The van der Waals surface area contributed by atoms with Gasteiger partial charge in [0.2, 0.25) is 0 Å². The SMILES string of the molecule is C.CCn1nnnc1CN(c1ccc(Cl)cc1Cc1c(F)cccc1F)S(=O)(=O)c1ccc(OC)c(OC)c1. The smallest absolute Gasteiger partial charge is 0.264 e. The molecule has 4 aromatic rings. The number of benzene rings is 3. The van der Waals surface area contributed by atoms with Crippen molar-refractivity contribution in [3.8, 4) is 11.5 Å². The standard InChI is InChI=1S/C25H24ClF2N5O4S.CH4/c1-4-32-25(29-30-31-32)15-33(38(34,35)18-9-11-23(36-2)24(14-18)37-3)22-10-8-17(26)12-16(22)13-19-20(27)6-5-7-21(19)28;/h5-12,14H,4,13,15H2,1-3H3;1H4. The van der Waals surface area contributed by atoms with Crippen LogP contribution in [0, 0.1) is 11.6 Å². The predicted molar refractivity (Wildman–Crippen MR) is 144 cm³/mol. The average molecular weight is 580 g/mol. The van der Waals surface area contributed by atoms with E-state index in [4.69, 9.17) is 21.1 Å². The van der Waals surface area contributed by atoms with Crippen molar-refractivity contribution in [3.63, 3.8) is 0 Å². The van der Waals surface area contributed by atoms with Crippen LogP contribution in [0.4, 0.5) is 14.5 Å². The van der Waals surface area contributed by atoms with Gasteiger partial charge in [-0.3, -0.25) is 4.31 Å². The van der Waals surface area contributed by atoms with Gasteiger partial charge in [-0.1, -0.05) is 25.1 Å². The summed E-state index contributed by atoms with van der Waals surface area (Å²) >= 11 is 6.24. The van der Waals surface area contributed by atoms with E-state index >= 15 is 0 Å². The predicted octanol–water partition coefficient (Wildman–Crippen LogP) is 5.26. The highest BCUT2D eigenvalue weighted by Gasteiger charge is 2.30. The van der Waals surface area contributed by atoms with E-state index in [9.17, 15) is 17.2 Å². The van der Waals surface area contributed by atoms with Gasteiger partial charge in [-0.2, -0.15) is 0 Å². The van der Waals surface area contributed by atoms with E-state index in [0.29, 0.717) is 12.3 Å². The second-order valence-corrected chi connectivity index (χ2v) is 10.4. The first-order valence-corrected chi connectivity index (χ1v) is 13.2. The number of aromatic nitrogens is 4. The first kappa shape index (κ1) is 29.8. The number of ether oxygens (including phenoxy) is 2. The average Bonchev–Trinajstić information content (AvgIpc) is 3.36. The Morgan fingerprint density at radius 1 is 1.00 bits per heavy atom. The molecular weight excluding hydrogens is 552 g/mol. The van der Waals surface area contributed by atoms with E-state index in [1.54, 1.807) is 0 Å². The summed E-state index contributed by atoms with van der Waals surface area (Å²) in [5, 5.41) is 11.8. The lowest BCUT2D eigenvalue weighted by molar-refractivity contribution is 0.354. The van der Waals surface area contributed by atoms with E-state index in [2.05, 4.69) is 15.5 Å². The molecule has 208 valence electrons. The Morgan fingerprint density at radius 2 is 1.69 bits per heavy atom. The largest absolute Gasteiger partial charge is 0.493 e. The zero-order valence-corrected chi connectivity index (χ0v) is 22.3. The van der Waals surface area contributed by atoms with Gasteiger partial charge >= 0.3 is 0 Å². The number of aryl methyl sites for hydroxylation is 1. The molecule has 0 fully saturated rings. The quantitative estimate of drug-likeness (QED) is 0.252. The molecule has 3 aromatic carbocycles. The molecular formula is C26H28ClF2N5O4S. The number of rotatable bonds is 10. The highest BCUT2D eigenvalue weighted by atomic mass is 35.5. The summed E-state index contributed by atoms with van der Waals surface area (Å²) in [5.41, 5.74) is 0.205. The van der Waals surface area contributed by atoms with E-state index in [0.717, 1.165) is 16.4 Å². The third-order valence-corrected chi connectivity index (χ3v) is 7.86. The molecule has 1 aromatic heterocycles. The van der Waals surface area contributed by atoms with Gasteiger partial charge in [0.05, 0.1) is 31.3 Å². The Morgan fingerprint density at radius 3 is 2.33 bits per heavy atom. The molecule has 4 rings (SSSR count). The van der Waals surface area contributed by atoms with Crippen molar-refractivity contribution in [2.24, 2.45) is 0 Å². The molecule has 0 spiro atoms. The van der Waals surface area contributed by atoms with Gasteiger partial charge in [0, 0.05) is 29.6 Å². The molecule has 0 aliphatic rings. The summed E-state index contributed by atoms with van der Waals surface area (Å²) < 4.78 is 70.4. The number of methoxy groups -OCH3 is 2. The van der Waals surface area contributed by atoms with Crippen molar-refractivity contribution >= 4 is 27.3 Å². The first-order valence-electron chi connectivity index (χ1n) is 11.4. The number of nitrogens with zero attached hydrogens (tertiary/aromatic N) is 5. The monoisotopic (exact) mass is 579 g/mol. The molecule has 9 nitrogen and oxygen atoms in total. The van der Waals surface area contributed by atoms with Gasteiger partial charge in [0.25, 0.3) is 10.0 Å². The van der Waals surface area contributed by atoms with Crippen LogP contribution in [0.2, 0.25) is 5.02 Å². The van der Waals surface area contributed by atoms with E-state index in [1.165, 1.54) is 61.4 Å². The topological polar surface area (TPSA) is 99.4 Å². The lowest BCUT2D eigenvalue weighted by Crippen LogP contribution is -2.33. The van der Waals surface area contributed by atoms with Gasteiger partial charge in [0.1, 0.15) is 11.6 Å². The number of anilines is 1. The van der Waals surface area contributed by atoms with Crippen LogP contribution in [0.15, 0.2) is 59.5 Å². The summed E-state index contributed by atoms with van der Waals surface area (Å²) in [6.45, 7) is 1.92. The second kappa shape index (κ2) is 12.4. The van der Waals surface area contributed by atoms with Crippen LogP contribution in [0.25, 0.3) is 0 Å². The lowest BCUT2D eigenvalue weighted by Gasteiger charge is -2.27. The minimum Gasteiger partial charge on any atom is -0.493 e. The Hall–Kier alpha value is -3.77. The van der Waals surface area contributed by atoms with Crippen LogP contribution in [0.1, 0.15) is 31.3 Å². The minimum atomic E-state index is -4.30. The lowest BCUT2D eigenvalue weighted by atomic mass is 10.0. The molecule has 0 aliphatic carbocycles. The first-order chi connectivity index (χ1) is 18.2. The summed E-state index contributed by atoms with van der Waals surface area (Å²) in [6.07, 6.45) is -0.259. The maximum absolute atomic E-state index is 14.6. The Kier molecular flexibility index (Phi) is 9.46. The van der Waals surface area contributed by atoms with Crippen LogP contribution < -0.4 is 13.8 Å². The summed E-state index contributed by atoms with van der Waals surface area (Å²) in [5.74, 6) is -0.721. The summed E-state index contributed by atoms with van der Waals surface area (Å²) in [7, 11) is -1.48. The van der Waals surface area contributed by atoms with E-state index < -0.39 is 21.7 Å². The summed E-state index contributed by atoms with van der Waals surface area (Å²) in [6, 6.07) is 12.2. The molecule has 0 saturated heterocycles. The van der Waals surface area contributed by atoms with Crippen LogP contribution in [0.3, 0.4) is 0 Å². The molecule has 39 heavy (non-hydrogen) atoms. The van der Waals surface area contributed by atoms with Crippen LogP contribution >= 0.6 is 11.6 Å². The fourth-order valence-corrected chi connectivity index (χ4v) is 5.61. The zero-order valence-electron chi connectivity index (χ0n) is 20.7. The maximum atomic E-state index is 14.6. The molecule has 0 saturated carbocycles. The van der Waals surface area contributed by atoms with Crippen LogP contribution in [-0.2, 0) is 29.5 Å². The molecule has 0 radical (unpaired) electrons. The molecule has 0 aliphatic heterocycles. The third-order valence-electron chi connectivity index (χ3n) is 5.87. The zero-order chi connectivity index (χ0) is 27.4. The van der Waals surface area contributed by atoms with Crippen molar-refractivity contribution in [3.05, 3.63) is 88.2 Å². The van der Waals surface area contributed by atoms with Crippen LogP contribution in [0.5, 0.6) is 11.5 Å². The van der Waals surface area contributed by atoms with Crippen molar-refractivity contribution in [2.75, 3.05) is 18.5 Å². The summed E-state index contributed by atoms with van der Waals surface area (Å²) in [4.78, 5) is -0.108. The van der Waals surface area contributed by atoms with Gasteiger partial charge in [-0.15, -0.1) is 5.10 Å². The van der Waals surface area contributed by atoms with Crippen molar-refractivity contribution in [1.29, 1.82) is 0 Å². The van der Waals surface area contributed by atoms with Gasteiger partial charge in [-0.05, 0) is 65.4 Å². The number of halogens is 3. The maximum Gasteiger partial charge on any atom is 0.264 e. The van der Waals surface area contributed by atoms with Crippen LogP contribution in [-0.4, -0.2) is 42.8 Å². The normalized spacial score (nSPS) is 11.1. The molecule has 1 heterocycles. The van der Waals surface area contributed by atoms with Crippen molar-refractivity contribution < 1.29 is 26.7 Å². The number of tetrazole rings is 1. The van der Waals surface area contributed by atoms with Gasteiger partial charge < -0.3 is 9.47 Å². The Balaban J connectivity index is 0.00000420. The molecule has 0 bridgehead atoms. The van der Waals surface area contributed by atoms with E-state index in [1.807, 2.05) is 6.92 Å². The molecule has 0 atom stereocenters. The molecule has 0 amide bonds. The molecule has 13 heteroatoms. The second-order valence-electron chi connectivity index (χ2n) is 8.09. The van der Waals surface area contributed by atoms with Crippen molar-refractivity contribution in [2.45, 2.75) is 38.8 Å². The molecule has 0 unspecified atom stereocenters. The highest BCUT2D eigenvalue weighted by Crippen LogP contribution is 2.36. The third kappa shape index (κ3) is 6.12. The number of hydrogen-bond acceptors (Lipinski definition) is 7. The van der Waals surface area contributed by atoms with Crippen molar-refractivity contribution in [1.82, 2.24) is 20.2 Å². The minimum absolute atomic E-state index is 0.